The first kappa shape index (κ1) is 24.9. The van der Waals surface area contributed by atoms with Crippen LogP contribution in [-0.4, -0.2) is 42.5 Å². The molecule has 1 aliphatic heterocycles. The van der Waals surface area contributed by atoms with Gasteiger partial charge in [-0.3, -0.25) is 4.79 Å². The third kappa shape index (κ3) is 6.01. The highest BCUT2D eigenvalue weighted by atomic mass is 35.5. The van der Waals surface area contributed by atoms with Crippen molar-refractivity contribution in [3.8, 4) is 11.1 Å². The van der Waals surface area contributed by atoms with Crippen molar-refractivity contribution in [1.29, 1.82) is 0 Å². The van der Waals surface area contributed by atoms with Gasteiger partial charge in [0.1, 0.15) is 0 Å². The van der Waals surface area contributed by atoms with Gasteiger partial charge in [0.15, 0.2) is 5.69 Å². The number of halogens is 4. The summed E-state index contributed by atoms with van der Waals surface area (Å²) in [6, 6.07) is 9.48. The maximum atomic E-state index is 12.8. The van der Waals surface area contributed by atoms with E-state index < -0.39 is 18.0 Å². The molecule has 1 amide bonds. The fourth-order valence-corrected chi connectivity index (χ4v) is 4.53. The Balaban J connectivity index is 0.000000194. The second-order valence-corrected chi connectivity index (χ2v) is 8.78. The Morgan fingerprint density at radius 1 is 1.21 bits per heavy atom. The number of nitrogens with zero attached hydrogens (tertiary/aromatic N) is 3. The van der Waals surface area contributed by atoms with Crippen LogP contribution in [-0.2, 0) is 30.0 Å². The number of benzene rings is 1. The van der Waals surface area contributed by atoms with Gasteiger partial charge in [-0.2, -0.15) is 23.0 Å². The minimum Gasteiger partial charge on any atom is -0.334 e. The molecule has 3 aromatic rings. The largest absolute Gasteiger partial charge is 0.435 e. The van der Waals surface area contributed by atoms with Gasteiger partial charge in [0.2, 0.25) is 5.91 Å². The van der Waals surface area contributed by atoms with E-state index >= 15 is 0 Å². The molecule has 0 bridgehead atoms. The summed E-state index contributed by atoms with van der Waals surface area (Å²) in [6.45, 7) is 4.93. The molecule has 12 heteroatoms. The third-order valence-corrected chi connectivity index (χ3v) is 6.00. The van der Waals surface area contributed by atoms with Crippen molar-refractivity contribution in [2.45, 2.75) is 25.2 Å². The number of hydrogen-bond donors (Lipinski definition) is 3. The van der Waals surface area contributed by atoms with Crippen LogP contribution in [0.3, 0.4) is 0 Å². The summed E-state index contributed by atoms with van der Waals surface area (Å²) in [6.07, 6.45) is -5.31. The normalized spacial score (nSPS) is 13.7. The van der Waals surface area contributed by atoms with Gasteiger partial charge < -0.3 is 20.2 Å². The van der Waals surface area contributed by atoms with Gasteiger partial charge in [-0.05, 0) is 29.7 Å². The second-order valence-electron chi connectivity index (χ2n) is 7.01. The molecule has 0 fully saturated rings. The van der Waals surface area contributed by atoms with Crippen molar-refractivity contribution >= 4 is 28.8 Å². The Kier molecular flexibility index (Phi) is 7.29. The molecule has 2 aromatic heterocycles. The van der Waals surface area contributed by atoms with Crippen molar-refractivity contribution in [3.05, 3.63) is 75.7 Å². The van der Waals surface area contributed by atoms with E-state index in [1.54, 1.807) is 22.3 Å². The van der Waals surface area contributed by atoms with Crippen LogP contribution in [0.2, 0.25) is 4.34 Å². The molecule has 7 nitrogen and oxygen atoms in total. The molecule has 4 rings (SSSR count). The summed E-state index contributed by atoms with van der Waals surface area (Å²) >= 11 is 7.47. The van der Waals surface area contributed by atoms with E-state index in [4.69, 9.17) is 26.9 Å². The average Bonchev–Trinajstić information content (AvgIpc) is 3.37. The highest BCUT2D eigenvalue weighted by Crippen LogP contribution is 2.36. The molecule has 1 aromatic carbocycles. The first-order chi connectivity index (χ1) is 15.4. The molecule has 0 saturated heterocycles. The molecular formula is C21H19ClF3N3O4S. The minimum atomic E-state index is -4.79. The predicted molar refractivity (Wildman–Crippen MR) is 116 cm³/mol. The lowest BCUT2D eigenvalue weighted by Crippen LogP contribution is -2.33. The summed E-state index contributed by atoms with van der Waals surface area (Å²) < 4.78 is 39.3. The van der Waals surface area contributed by atoms with E-state index in [1.807, 2.05) is 6.07 Å². The summed E-state index contributed by atoms with van der Waals surface area (Å²) in [7, 11) is 0. The molecule has 0 saturated carbocycles. The van der Waals surface area contributed by atoms with Crippen molar-refractivity contribution in [2.75, 3.05) is 6.54 Å². The topological polar surface area (TPSA) is 98.8 Å². The molecule has 1 aliphatic rings. The Labute approximate surface area is 195 Å². The molecular weight excluding hydrogens is 483 g/mol. The van der Waals surface area contributed by atoms with Crippen LogP contribution in [0.1, 0.15) is 16.1 Å². The number of fused-ring (bicyclic) bond motifs is 1. The van der Waals surface area contributed by atoms with Gasteiger partial charge in [0.25, 0.3) is 0 Å². The molecule has 3 N–H and O–H groups in total. The molecule has 0 unspecified atom stereocenters. The fourth-order valence-electron chi connectivity index (χ4n) is 3.17. The molecule has 0 aliphatic carbocycles. The summed E-state index contributed by atoms with van der Waals surface area (Å²) in [4.78, 5) is 14.4. The van der Waals surface area contributed by atoms with E-state index in [1.165, 1.54) is 40.8 Å². The van der Waals surface area contributed by atoms with Crippen molar-refractivity contribution in [1.82, 2.24) is 14.7 Å². The fraction of sp³-hybridized carbons (Fsp3) is 0.238. The Morgan fingerprint density at radius 2 is 1.88 bits per heavy atom. The number of aromatic nitrogens is 2. The van der Waals surface area contributed by atoms with Crippen LogP contribution < -0.4 is 0 Å². The van der Waals surface area contributed by atoms with Crippen LogP contribution in [0.4, 0.5) is 13.2 Å². The summed E-state index contributed by atoms with van der Waals surface area (Å²) in [5.41, 5.74) is -0.215. The maximum absolute atomic E-state index is 12.8. The zero-order valence-electron chi connectivity index (χ0n) is 17.0. The number of carbonyl (C=O) groups is 1. The molecule has 33 heavy (non-hydrogen) atoms. The van der Waals surface area contributed by atoms with Gasteiger partial charge in [-0.15, -0.1) is 11.3 Å². The number of amides is 1. The van der Waals surface area contributed by atoms with Gasteiger partial charge in [0, 0.05) is 23.2 Å². The van der Waals surface area contributed by atoms with E-state index in [9.17, 15) is 18.0 Å². The molecule has 0 atom stereocenters. The smallest absolute Gasteiger partial charge is 0.334 e. The maximum Gasteiger partial charge on any atom is 0.435 e. The zero-order valence-corrected chi connectivity index (χ0v) is 18.5. The highest BCUT2D eigenvalue weighted by molar-refractivity contribution is 7.16. The minimum absolute atomic E-state index is 0.000160. The Hall–Kier alpha value is -2.70. The molecule has 0 radical (unpaired) electrons. The number of rotatable bonds is 3. The monoisotopic (exact) mass is 501 g/mol. The lowest BCUT2D eigenvalue weighted by atomic mass is 10.1. The lowest BCUT2D eigenvalue weighted by molar-refractivity contribution is -0.381. The van der Waals surface area contributed by atoms with Crippen LogP contribution in [0.25, 0.3) is 11.1 Å². The quantitative estimate of drug-likeness (QED) is 0.376. The van der Waals surface area contributed by atoms with E-state index in [0.717, 1.165) is 17.3 Å². The Bertz CT molecular complexity index is 1140. The number of thiophene rings is 1. The van der Waals surface area contributed by atoms with Crippen LogP contribution in [0, 0.1) is 0 Å². The number of aliphatic hydroxyl groups is 3. The van der Waals surface area contributed by atoms with E-state index in [-0.39, 0.29) is 21.7 Å². The predicted octanol–water partition coefficient (Wildman–Crippen LogP) is 3.59. The summed E-state index contributed by atoms with van der Waals surface area (Å²) in [5.74, 6) is 0.000160. The van der Waals surface area contributed by atoms with Crippen LogP contribution >= 0.6 is 22.9 Å². The average molecular weight is 502 g/mol. The van der Waals surface area contributed by atoms with Crippen LogP contribution in [0.15, 0.2) is 55.3 Å². The zero-order chi connectivity index (χ0) is 24.4. The summed E-state index contributed by atoms with van der Waals surface area (Å²) in [5, 5.41) is 29.6. The second kappa shape index (κ2) is 9.65. The van der Waals surface area contributed by atoms with Crippen molar-refractivity contribution in [2.24, 2.45) is 0 Å². The number of alkyl halides is 3. The number of hydrogen-bond acceptors (Lipinski definition) is 6. The molecule has 176 valence electrons. The van der Waals surface area contributed by atoms with Crippen LogP contribution in [0.5, 0.6) is 0 Å². The lowest BCUT2D eigenvalue weighted by Gasteiger charge is -2.25. The van der Waals surface area contributed by atoms with E-state index in [2.05, 4.69) is 11.7 Å². The molecule has 0 spiro atoms. The standard InChI is InChI=1S/C11H9F3N2O3.C10H10ClNOS/c12-10(13,14)9-8(7-4-2-1-3-5-7)6-16(15-9)11(17,18)19;1-2-10(13)12-4-3-7-5-9(11)14-8(7)6-12/h1-6,17-19H;2,5H,1,3-4,6H2. The molecule has 3 heterocycles. The highest BCUT2D eigenvalue weighted by Gasteiger charge is 2.39. The van der Waals surface area contributed by atoms with Gasteiger partial charge in [-0.25, -0.2) is 0 Å². The third-order valence-electron chi connectivity index (χ3n) is 4.71. The Morgan fingerprint density at radius 3 is 2.45 bits per heavy atom. The van der Waals surface area contributed by atoms with E-state index in [0.29, 0.717) is 12.7 Å². The SMILES string of the molecule is C=CC(=O)N1CCc2cc(Cl)sc2C1.OC(O)(O)n1cc(-c2ccccc2)c(C(F)(F)F)n1. The van der Waals surface area contributed by atoms with Crippen molar-refractivity contribution in [3.63, 3.8) is 0 Å². The first-order valence-electron chi connectivity index (χ1n) is 9.48. The first-order valence-corrected chi connectivity index (χ1v) is 10.7. The van der Waals surface area contributed by atoms with Gasteiger partial charge in [0.05, 0.1) is 10.9 Å². The van der Waals surface area contributed by atoms with Crippen molar-refractivity contribution < 1.29 is 33.3 Å². The number of carbonyl (C=O) groups excluding carboxylic acids is 1. The van der Waals surface area contributed by atoms with Gasteiger partial charge in [-0.1, -0.05) is 48.5 Å². The van der Waals surface area contributed by atoms with Gasteiger partial charge >= 0.3 is 12.3 Å².